The summed E-state index contributed by atoms with van der Waals surface area (Å²) in [7, 11) is 0. The van der Waals surface area contributed by atoms with Gasteiger partial charge in [-0.1, -0.05) is 67.9 Å². The lowest BCUT2D eigenvalue weighted by molar-refractivity contribution is 0.466. The van der Waals surface area contributed by atoms with Crippen LogP contribution in [-0.4, -0.2) is 22.9 Å². The van der Waals surface area contributed by atoms with E-state index < -0.39 is 0 Å². The van der Waals surface area contributed by atoms with E-state index in [1.807, 2.05) is 42.5 Å². The monoisotopic (exact) mass is 473 g/mol. The first-order valence-electron chi connectivity index (χ1n) is 11.6. The maximum absolute atomic E-state index is 13.6. The summed E-state index contributed by atoms with van der Waals surface area (Å²) in [6, 6.07) is 24.9. The van der Waals surface area contributed by atoms with Crippen molar-refractivity contribution in [3.63, 3.8) is 0 Å². The Balaban J connectivity index is 1.75. The fourth-order valence-electron chi connectivity index (χ4n) is 3.87. The van der Waals surface area contributed by atoms with Crippen LogP contribution in [0.15, 0.2) is 89.9 Å². The van der Waals surface area contributed by atoms with Crippen LogP contribution in [0.4, 0.5) is 5.69 Å². The zero-order valence-corrected chi connectivity index (χ0v) is 20.2. The van der Waals surface area contributed by atoms with E-state index in [9.17, 15) is 4.79 Å². The average molecular weight is 474 g/mol. The van der Waals surface area contributed by atoms with Crippen LogP contribution in [0.1, 0.15) is 26.7 Å². The average Bonchev–Trinajstić information content (AvgIpc) is 2.87. The minimum Gasteiger partial charge on any atom is -0.449 e. The molecular weight excluding hydrogens is 446 g/mol. The first-order valence-corrected chi connectivity index (χ1v) is 11.9. The molecule has 0 aliphatic heterocycles. The molecule has 0 atom stereocenters. The Morgan fingerprint density at radius 3 is 2.09 bits per heavy atom. The predicted molar refractivity (Wildman–Crippen MR) is 140 cm³/mol. The van der Waals surface area contributed by atoms with Gasteiger partial charge in [-0.05, 0) is 60.4 Å². The summed E-state index contributed by atoms with van der Waals surface area (Å²) in [5.41, 5.74) is 3.22. The van der Waals surface area contributed by atoms with Gasteiger partial charge in [0.25, 0.3) is 0 Å². The summed E-state index contributed by atoms with van der Waals surface area (Å²) in [6.45, 7) is 5.86. The van der Waals surface area contributed by atoms with Crippen molar-refractivity contribution in [2.45, 2.75) is 26.7 Å². The molecule has 0 aliphatic carbocycles. The normalized spacial score (nSPS) is 10.8. The fourth-order valence-corrected chi connectivity index (χ4v) is 4.00. The van der Waals surface area contributed by atoms with Gasteiger partial charge in [0.2, 0.25) is 5.75 Å². The zero-order valence-electron chi connectivity index (χ0n) is 19.4. The van der Waals surface area contributed by atoms with Gasteiger partial charge in [-0.3, -0.25) is 4.79 Å². The molecule has 0 aliphatic rings. The van der Waals surface area contributed by atoms with E-state index in [0.29, 0.717) is 22.1 Å². The van der Waals surface area contributed by atoms with E-state index in [2.05, 4.69) is 36.0 Å². The van der Waals surface area contributed by atoms with Gasteiger partial charge < -0.3 is 9.64 Å². The summed E-state index contributed by atoms with van der Waals surface area (Å²) >= 11 is 6.03. The second-order valence-corrected chi connectivity index (χ2v) is 8.47. The molecule has 0 radical (unpaired) electrons. The zero-order chi connectivity index (χ0) is 23.9. The molecule has 34 heavy (non-hydrogen) atoms. The summed E-state index contributed by atoms with van der Waals surface area (Å²) in [5, 5.41) is 5.06. The van der Waals surface area contributed by atoms with E-state index in [-0.39, 0.29) is 11.3 Å². The van der Waals surface area contributed by atoms with Gasteiger partial charge in [-0.15, -0.1) is 0 Å². The molecule has 4 aromatic rings. The van der Waals surface area contributed by atoms with Crippen molar-refractivity contribution in [1.29, 1.82) is 0 Å². The number of hydrogen-bond donors (Lipinski definition) is 0. The first kappa shape index (κ1) is 23.6. The predicted octanol–water partition coefficient (Wildman–Crippen LogP) is 6.97. The minimum atomic E-state index is -0.316. The largest absolute Gasteiger partial charge is 0.449 e. The number of rotatable bonds is 9. The van der Waals surface area contributed by atoms with Crippen molar-refractivity contribution in [2.75, 3.05) is 18.0 Å². The van der Waals surface area contributed by atoms with Crippen LogP contribution in [0, 0.1) is 0 Å². The number of halogens is 1. The molecule has 0 unspecified atom stereocenters. The fraction of sp³-hybridized carbons (Fsp3) is 0.214. The maximum atomic E-state index is 13.6. The lowest BCUT2D eigenvalue weighted by Crippen LogP contribution is -2.30. The second kappa shape index (κ2) is 11.0. The molecule has 4 rings (SSSR count). The number of nitrogens with zero attached hydrogens (tertiary/aromatic N) is 3. The van der Waals surface area contributed by atoms with Crippen molar-refractivity contribution >= 4 is 17.3 Å². The molecule has 0 N–H and O–H groups in total. The number of aromatic nitrogens is 2. The molecule has 1 aromatic heterocycles. The van der Waals surface area contributed by atoms with Crippen LogP contribution in [0.3, 0.4) is 0 Å². The lowest BCUT2D eigenvalue weighted by Gasteiger charge is -2.25. The highest BCUT2D eigenvalue weighted by molar-refractivity contribution is 6.30. The van der Waals surface area contributed by atoms with E-state index in [0.717, 1.165) is 37.1 Å². The summed E-state index contributed by atoms with van der Waals surface area (Å²) in [6.07, 6.45) is 3.62. The van der Waals surface area contributed by atoms with Gasteiger partial charge in [0.15, 0.2) is 0 Å². The Labute approximate surface area is 205 Å². The number of hydrogen-bond acceptors (Lipinski definition) is 4. The second-order valence-electron chi connectivity index (χ2n) is 8.03. The van der Waals surface area contributed by atoms with Gasteiger partial charge in [0.05, 0.1) is 11.9 Å². The minimum absolute atomic E-state index is 0.263. The van der Waals surface area contributed by atoms with Gasteiger partial charge in [0.1, 0.15) is 11.4 Å². The third-order valence-electron chi connectivity index (χ3n) is 5.50. The van der Waals surface area contributed by atoms with E-state index in [1.165, 1.54) is 4.68 Å². The van der Waals surface area contributed by atoms with Crippen molar-refractivity contribution in [1.82, 2.24) is 9.78 Å². The molecule has 0 amide bonds. The maximum Gasteiger partial charge on any atom is 0.316 e. The molecule has 0 bridgehead atoms. The first-order chi connectivity index (χ1) is 16.6. The van der Waals surface area contributed by atoms with Crippen LogP contribution in [0.5, 0.6) is 11.5 Å². The Hall–Kier alpha value is -3.57. The Morgan fingerprint density at radius 1 is 0.853 bits per heavy atom. The van der Waals surface area contributed by atoms with Crippen LogP contribution in [0.25, 0.3) is 16.8 Å². The smallest absolute Gasteiger partial charge is 0.316 e. The standard InChI is InChI=1S/C28H28ClN3O2/c1-3-18-31(19-4-2)26-20-30-32(24-14-12-23(29)13-15-24)28(33)27(26)34-25-16-10-22(11-17-25)21-8-6-5-7-9-21/h5-17,20H,3-4,18-19H2,1-2H3. The highest BCUT2D eigenvalue weighted by atomic mass is 35.5. The molecule has 6 heteroatoms. The van der Waals surface area contributed by atoms with E-state index in [4.69, 9.17) is 16.3 Å². The highest BCUT2D eigenvalue weighted by Gasteiger charge is 2.19. The SMILES string of the molecule is CCCN(CCC)c1cnn(-c2ccc(Cl)cc2)c(=O)c1Oc1ccc(-c2ccccc2)cc1. The lowest BCUT2D eigenvalue weighted by atomic mass is 10.1. The number of ether oxygens (including phenoxy) is 1. The number of benzene rings is 3. The van der Waals surface area contributed by atoms with E-state index in [1.54, 1.807) is 30.5 Å². The van der Waals surface area contributed by atoms with Crippen LogP contribution >= 0.6 is 11.6 Å². The summed E-state index contributed by atoms with van der Waals surface area (Å²) in [4.78, 5) is 15.8. The molecule has 0 spiro atoms. The van der Waals surface area contributed by atoms with Gasteiger partial charge in [-0.25, -0.2) is 0 Å². The van der Waals surface area contributed by atoms with Crippen molar-refractivity contribution < 1.29 is 4.74 Å². The highest BCUT2D eigenvalue weighted by Crippen LogP contribution is 2.31. The molecule has 5 nitrogen and oxygen atoms in total. The molecule has 0 saturated heterocycles. The summed E-state index contributed by atoms with van der Waals surface area (Å²) < 4.78 is 7.60. The Bertz CT molecular complexity index is 1260. The van der Waals surface area contributed by atoms with Crippen LogP contribution < -0.4 is 15.2 Å². The molecule has 0 fully saturated rings. The topological polar surface area (TPSA) is 47.4 Å². The van der Waals surface area contributed by atoms with Crippen molar-refractivity contribution in [3.05, 3.63) is 100 Å². The Morgan fingerprint density at radius 2 is 1.47 bits per heavy atom. The molecular formula is C28H28ClN3O2. The Kier molecular flexibility index (Phi) is 7.65. The molecule has 3 aromatic carbocycles. The van der Waals surface area contributed by atoms with Gasteiger partial charge in [0, 0.05) is 18.1 Å². The quantitative estimate of drug-likeness (QED) is 0.263. The molecule has 174 valence electrons. The molecule has 1 heterocycles. The van der Waals surface area contributed by atoms with Gasteiger partial charge >= 0.3 is 5.56 Å². The third kappa shape index (κ3) is 5.32. The number of anilines is 1. The van der Waals surface area contributed by atoms with Crippen molar-refractivity contribution in [2.24, 2.45) is 0 Å². The summed E-state index contributed by atoms with van der Waals surface area (Å²) in [5.74, 6) is 0.860. The van der Waals surface area contributed by atoms with Crippen LogP contribution in [0.2, 0.25) is 5.02 Å². The molecule has 0 saturated carbocycles. The van der Waals surface area contributed by atoms with E-state index >= 15 is 0 Å². The van der Waals surface area contributed by atoms with Crippen LogP contribution in [-0.2, 0) is 0 Å². The van der Waals surface area contributed by atoms with Crippen molar-refractivity contribution in [3.8, 4) is 28.3 Å². The third-order valence-corrected chi connectivity index (χ3v) is 5.75. The van der Waals surface area contributed by atoms with Gasteiger partial charge in [-0.2, -0.15) is 9.78 Å².